The first-order valence-electron chi connectivity index (χ1n) is 1.79. The van der Waals surface area contributed by atoms with Crippen LogP contribution in [0.2, 0.25) is 6.55 Å². The van der Waals surface area contributed by atoms with E-state index < -0.39 is 18.7 Å². The fourth-order valence-electron chi connectivity index (χ4n) is 0.0786. The van der Waals surface area contributed by atoms with Crippen molar-refractivity contribution in [2.45, 2.75) is 6.55 Å². The number of hydrogen-bond acceptors (Lipinski definition) is 3. The molecule has 5 heteroatoms. The summed E-state index contributed by atoms with van der Waals surface area (Å²) < 4.78 is 24.3. The summed E-state index contributed by atoms with van der Waals surface area (Å²) in [6.45, 7) is 1.60. The monoisotopic (exact) mass is 139 g/mol. The van der Waals surface area contributed by atoms with Crippen LogP contribution < -0.4 is 0 Å². The van der Waals surface area contributed by atoms with Crippen LogP contribution in [0.4, 0.5) is 0 Å². The molecular formula is C2H7O3SSi-. The molecule has 0 saturated heterocycles. The van der Waals surface area contributed by atoms with Gasteiger partial charge in [0.05, 0.1) is 0 Å². The zero-order valence-corrected chi connectivity index (χ0v) is 6.18. The molecule has 0 aromatic carbocycles. The second-order valence-corrected chi connectivity index (χ2v) is 6.34. The Morgan fingerprint density at radius 2 is 2.29 bits per heavy atom. The van der Waals surface area contributed by atoms with E-state index in [4.69, 9.17) is 0 Å². The van der Waals surface area contributed by atoms with Crippen molar-refractivity contribution in [3.05, 3.63) is 0 Å². The molecule has 0 aromatic rings. The maximum atomic E-state index is 9.87. The van der Waals surface area contributed by atoms with E-state index in [9.17, 15) is 8.76 Å². The van der Waals surface area contributed by atoms with Crippen LogP contribution in [-0.2, 0) is 15.0 Å². The largest absolute Gasteiger partial charge is 0.776 e. The van der Waals surface area contributed by atoms with E-state index in [1.165, 1.54) is 7.11 Å². The smallest absolute Gasteiger partial charge is 0.253 e. The molecule has 0 aliphatic heterocycles. The van der Waals surface area contributed by atoms with Crippen molar-refractivity contribution in [2.24, 2.45) is 0 Å². The third kappa shape index (κ3) is 2.92. The number of rotatable bonds is 2. The zero-order chi connectivity index (χ0) is 5.86. The summed E-state index contributed by atoms with van der Waals surface area (Å²) in [6.07, 6.45) is 0. The van der Waals surface area contributed by atoms with E-state index in [2.05, 4.69) is 4.43 Å². The van der Waals surface area contributed by atoms with Crippen LogP contribution in [0.15, 0.2) is 0 Å². The molecule has 0 aliphatic carbocycles. The molecule has 0 amide bonds. The molecule has 7 heavy (non-hydrogen) atoms. The van der Waals surface area contributed by atoms with Gasteiger partial charge in [0.2, 0.25) is 0 Å². The predicted molar refractivity (Wildman–Crippen MR) is 28.9 cm³/mol. The third-order valence-corrected chi connectivity index (χ3v) is 4.01. The van der Waals surface area contributed by atoms with Crippen molar-refractivity contribution in [3.8, 4) is 0 Å². The van der Waals surface area contributed by atoms with E-state index in [1.807, 2.05) is 0 Å². The van der Waals surface area contributed by atoms with Gasteiger partial charge in [0.1, 0.15) is 0 Å². The highest BCUT2D eigenvalue weighted by molar-refractivity contribution is 8.07. The minimum Gasteiger partial charge on any atom is -0.776 e. The van der Waals surface area contributed by atoms with Crippen molar-refractivity contribution < 1.29 is 13.2 Å². The van der Waals surface area contributed by atoms with Crippen molar-refractivity contribution in [2.75, 3.05) is 7.11 Å². The highest BCUT2D eigenvalue weighted by atomic mass is 32.4. The van der Waals surface area contributed by atoms with Gasteiger partial charge < -0.3 is 8.98 Å². The van der Waals surface area contributed by atoms with E-state index in [0.29, 0.717) is 0 Å². The van der Waals surface area contributed by atoms with Gasteiger partial charge in [-0.3, -0.25) is 4.21 Å². The van der Waals surface area contributed by atoms with Crippen molar-refractivity contribution >= 4 is 18.7 Å². The summed E-state index contributed by atoms with van der Waals surface area (Å²) in [4.78, 5) is 0. The fraction of sp³-hybridized carbons (Fsp3) is 1.00. The second kappa shape index (κ2) is 3.31. The van der Waals surface area contributed by atoms with Gasteiger partial charge in [-0.05, 0) is 6.55 Å². The molecule has 0 fully saturated rings. The van der Waals surface area contributed by atoms with E-state index in [-0.39, 0.29) is 0 Å². The Kier molecular flexibility index (Phi) is 3.45. The fourth-order valence-corrected chi connectivity index (χ4v) is 0.707. The molecule has 0 saturated carbocycles. The van der Waals surface area contributed by atoms with Crippen LogP contribution in [-0.4, -0.2) is 24.1 Å². The van der Waals surface area contributed by atoms with Crippen LogP contribution in [0.25, 0.3) is 0 Å². The molecule has 0 N–H and O–H groups in total. The average molecular weight is 139 g/mol. The molecule has 0 aliphatic rings. The lowest BCUT2D eigenvalue weighted by atomic mass is 11.8. The Hall–Kier alpha value is 0.287. The molecule has 0 aromatic heterocycles. The predicted octanol–water partition coefficient (Wildman–Crippen LogP) is -0.638. The molecule has 2 unspecified atom stereocenters. The van der Waals surface area contributed by atoms with Gasteiger partial charge in [0.15, 0.2) is 0 Å². The number of hydrogen-bond donors (Lipinski definition) is 0. The SMILES string of the molecule is CO[SiH](C)S(=O)[O-]. The van der Waals surface area contributed by atoms with Crippen molar-refractivity contribution in [3.63, 3.8) is 0 Å². The minimum absolute atomic E-state index is 1.41. The summed E-state index contributed by atoms with van der Waals surface area (Å²) >= 11 is 0. The van der Waals surface area contributed by atoms with Gasteiger partial charge in [-0.25, -0.2) is 0 Å². The molecule has 3 nitrogen and oxygen atoms in total. The van der Waals surface area contributed by atoms with Crippen LogP contribution in [0.5, 0.6) is 0 Å². The normalized spacial score (nSPS) is 18.7. The van der Waals surface area contributed by atoms with Gasteiger partial charge in [0.25, 0.3) is 8.19 Å². The lowest BCUT2D eigenvalue weighted by molar-refractivity contribution is 0.432. The highest BCUT2D eigenvalue weighted by Gasteiger charge is 1.98. The Bertz CT molecular complexity index is 75.3. The molecular weight excluding hydrogens is 132 g/mol. The quantitative estimate of drug-likeness (QED) is 0.378. The van der Waals surface area contributed by atoms with Gasteiger partial charge >= 0.3 is 0 Å². The van der Waals surface area contributed by atoms with Crippen LogP contribution in [0.3, 0.4) is 0 Å². The van der Waals surface area contributed by atoms with Crippen molar-refractivity contribution in [1.82, 2.24) is 0 Å². The summed E-state index contributed by atoms with van der Waals surface area (Å²) in [5.74, 6) is 0. The molecule has 0 heterocycles. The molecule has 2 atom stereocenters. The first-order chi connectivity index (χ1) is 3.18. The van der Waals surface area contributed by atoms with Gasteiger partial charge in [0, 0.05) is 7.11 Å². The third-order valence-electron chi connectivity index (χ3n) is 0.603. The minimum atomic E-state index is -1.94. The standard InChI is InChI=1S/C2H8O3SSi/c1-5-7(2)6(3)4/h7H,1-2H3,(H,3,4)/p-1. The zero-order valence-electron chi connectivity index (χ0n) is 4.21. The van der Waals surface area contributed by atoms with Gasteiger partial charge in [-0.15, -0.1) is 0 Å². The van der Waals surface area contributed by atoms with E-state index in [1.54, 1.807) is 6.55 Å². The lowest BCUT2D eigenvalue weighted by Gasteiger charge is -2.08. The molecule has 0 radical (unpaired) electrons. The summed E-state index contributed by atoms with van der Waals surface area (Å²) in [6, 6.07) is 0. The molecule has 0 bridgehead atoms. The van der Waals surface area contributed by atoms with Crippen LogP contribution >= 0.6 is 0 Å². The maximum Gasteiger partial charge on any atom is 0.253 e. The lowest BCUT2D eigenvalue weighted by Crippen LogP contribution is -2.17. The molecule has 44 valence electrons. The summed E-state index contributed by atoms with van der Waals surface area (Å²) in [7, 11) is -2.37. The highest BCUT2D eigenvalue weighted by Crippen LogP contribution is 1.83. The Morgan fingerprint density at radius 3 is 2.29 bits per heavy atom. The van der Waals surface area contributed by atoms with Crippen molar-refractivity contribution in [1.29, 1.82) is 0 Å². The Balaban J connectivity index is 3.34. The topological polar surface area (TPSA) is 49.4 Å². The average Bonchev–Trinajstić information content (AvgIpc) is 1.65. The first kappa shape index (κ1) is 7.29. The second-order valence-electron chi connectivity index (χ2n) is 1.06. The van der Waals surface area contributed by atoms with Gasteiger partial charge in [-0.2, -0.15) is 0 Å². The van der Waals surface area contributed by atoms with Crippen LogP contribution in [0, 0.1) is 0 Å². The van der Waals surface area contributed by atoms with Crippen LogP contribution in [0.1, 0.15) is 0 Å². The Morgan fingerprint density at radius 1 is 1.86 bits per heavy atom. The van der Waals surface area contributed by atoms with E-state index in [0.717, 1.165) is 0 Å². The molecule has 0 spiro atoms. The van der Waals surface area contributed by atoms with Gasteiger partial charge in [-0.1, -0.05) is 10.5 Å². The van der Waals surface area contributed by atoms with E-state index >= 15 is 0 Å². The first-order valence-corrected chi connectivity index (χ1v) is 5.97. The molecule has 0 rings (SSSR count). The summed E-state index contributed by atoms with van der Waals surface area (Å²) in [5, 5.41) is 0. The Labute approximate surface area is 46.3 Å². The maximum absolute atomic E-state index is 9.87. The summed E-state index contributed by atoms with van der Waals surface area (Å²) in [5.41, 5.74) is 0.